The van der Waals surface area contributed by atoms with Crippen molar-refractivity contribution in [2.24, 2.45) is 0 Å². The highest BCUT2D eigenvalue weighted by Crippen LogP contribution is 2.07. The summed E-state index contributed by atoms with van der Waals surface area (Å²) in [5.74, 6) is 4.76. The van der Waals surface area contributed by atoms with Gasteiger partial charge in [0.15, 0.2) is 11.1 Å². The largest absolute Gasteiger partial charge is 0.390 e. The zero-order valence-corrected chi connectivity index (χ0v) is 6.35. The molecule has 0 amide bonds. The molecule has 11 heavy (non-hydrogen) atoms. The first-order valence-electron chi connectivity index (χ1n) is 2.82. The lowest BCUT2D eigenvalue weighted by atomic mass is 10.5. The molecule has 1 heterocycles. The van der Waals surface area contributed by atoms with Gasteiger partial charge in [0.1, 0.15) is 0 Å². The van der Waals surface area contributed by atoms with Gasteiger partial charge in [0, 0.05) is 11.3 Å². The van der Waals surface area contributed by atoms with Crippen molar-refractivity contribution in [2.75, 3.05) is 0 Å². The zero-order valence-electron chi connectivity index (χ0n) is 5.53. The Bertz CT molecular complexity index is 339. The van der Waals surface area contributed by atoms with E-state index in [9.17, 15) is 0 Å². The molecule has 3 nitrogen and oxygen atoms in total. The van der Waals surface area contributed by atoms with Crippen molar-refractivity contribution < 1.29 is 5.11 Å². The molecule has 1 N–H and O–H groups in total. The molecule has 0 unspecified atom stereocenters. The SMILES string of the molecule is N#CC#Cc1nc(CO)cs1. The molecular formula is C7H4N2OS. The fourth-order valence-corrected chi connectivity index (χ4v) is 1.17. The van der Waals surface area contributed by atoms with Crippen LogP contribution in [0.25, 0.3) is 0 Å². The Morgan fingerprint density at radius 2 is 2.55 bits per heavy atom. The first-order valence-corrected chi connectivity index (χ1v) is 3.70. The van der Waals surface area contributed by atoms with Gasteiger partial charge in [-0.3, -0.25) is 0 Å². The number of aliphatic hydroxyl groups is 1. The number of aliphatic hydroxyl groups excluding tert-OH is 1. The maximum absolute atomic E-state index is 8.61. The van der Waals surface area contributed by atoms with E-state index >= 15 is 0 Å². The molecule has 1 aromatic rings. The van der Waals surface area contributed by atoms with Crippen molar-refractivity contribution >= 4 is 11.3 Å². The lowest BCUT2D eigenvalue weighted by Gasteiger charge is -1.79. The quantitative estimate of drug-likeness (QED) is 0.615. The lowest BCUT2D eigenvalue weighted by molar-refractivity contribution is 0.277. The standard InChI is InChI=1S/C7H4N2OS/c8-3-1-2-7-9-6(4-10)5-11-7/h5,10H,4H2. The summed E-state index contributed by atoms with van der Waals surface area (Å²) in [4.78, 5) is 3.91. The monoisotopic (exact) mass is 164 g/mol. The molecule has 1 rings (SSSR count). The van der Waals surface area contributed by atoms with Crippen LogP contribution in [0.15, 0.2) is 5.38 Å². The number of aromatic nitrogens is 1. The molecule has 0 aromatic carbocycles. The third-order valence-electron chi connectivity index (χ3n) is 0.939. The Labute approximate surface area is 67.9 Å². The van der Waals surface area contributed by atoms with Gasteiger partial charge in [-0.25, -0.2) is 4.98 Å². The summed E-state index contributed by atoms with van der Waals surface area (Å²) >= 11 is 1.32. The molecule has 0 spiro atoms. The van der Waals surface area contributed by atoms with Gasteiger partial charge in [0.2, 0.25) is 0 Å². The van der Waals surface area contributed by atoms with Crippen molar-refractivity contribution in [3.05, 3.63) is 16.1 Å². The van der Waals surface area contributed by atoms with Crippen LogP contribution in [0.2, 0.25) is 0 Å². The second kappa shape index (κ2) is 3.72. The van der Waals surface area contributed by atoms with Crippen molar-refractivity contribution in [3.63, 3.8) is 0 Å². The highest BCUT2D eigenvalue weighted by molar-refractivity contribution is 7.10. The highest BCUT2D eigenvalue weighted by atomic mass is 32.1. The van der Waals surface area contributed by atoms with Crippen LogP contribution in [0, 0.1) is 23.2 Å². The Hall–Kier alpha value is -1.36. The minimum Gasteiger partial charge on any atom is -0.390 e. The van der Waals surface area contributed by atoms with Crippen LogP contribution >= 0.6 is 11.3 Å². The number of rotatable bonds is 1. The van der Waals surface area contributed by atoms with E-state index < -0.39 is 0 Å². The Morgan fingerprint density at radius 3 is 3.09 bits per heavy atom. The first kappa shape index (κ1) is 7.74. The van der Waals surface area contributed by atoms with Gasteiger partial charge >= 0.3 is 0 Å². The predicted octanol–water partition coefficient (Wildman–Crippen LogP) is 0.510. The van der Waals surface area contributed by atoms with Crippen LogP contribution in [-0.2, 0) is 6.61 Å². The average molecular weight is 164 g/mol. The molecule has 1 aromatic heterocycles. The summed E-state index contributed by atoms with van der Waals surface area (Å²) < 4.78 is 0. The molecule has 0 bridgehead atoms. The summed E-state index contributed by atoms with van der Waals surface area (Å²) in [6.45, 7) is -0.0786. The van der Waals surface area contributed by atoms with Gasteiger partial charge in [0.05, 0.1) is 12.3 Å². The van der Waals surface area contributed by atoms with Crippen LogP contribution in [0.4, 0.5) is 0 Å². The minimum absolute atomic E-state index is 0.0786. The van der Waals surface area contributed by atoms with E-state index in [-0.39, 0.29) is 6.61 Å². The normalized spacial score (nSPS) is 8.00. The third-order valence-corrected chi connectivity index (χ3v) is 1.75. The third kappa shape index (κ3) is 2.05. The van der Waals surface area contributed by atoms with E-state index in [1.54, 1.807) is 11.4 Å². The maximum Gasteiger partial charge on any atom is 0.168 e. The van der Waals surface area contributed by atoms with Crippen LogP contribution in [-0.4, -0.2) is 10.1 Å². The van der Waals surface area contributed by atoms with Crippen molar-refractivity contribution in [2.45, 2.75) is 6.61 Å². The molecule has 0 saturated heterocycles. The van der Waals surface area contributed by atoms with Gasteiger partial charge in [-0.1, -0.05) is 0 Å². The van der Waals surface area contributed by atoms with Gasteiger partial charge < -0.3 is 5.11 Å². The van der Waals surface area contributed by atoms with Crippen LogP contribution in [0.3, 0.4) is 0 Å². The first-order chi connectivity index (χ1) is 5.36. The van der Waals surface area contributed by atoms with Gasteiger partial charge in [0.25, 0.3) is 0 Å². The fourth-order valence-electron chi connectivity index (χ4n) is 0.518. The Kier molecular flexibility index (Phi) is 2.62. The van der Waals surface area contributed by atoms with Crippen molar-refractivity contribution in [3.8, 4) is 17.9 Å². The molecule has 0 saturated carbocycles. The van der Waals surface area contributed by atoms with Crippen LogP contribution in [0.5, 0.6) is 0 Å². The van der Waals surface area contributed by atoms with Gasteiger partial charge in [-0.15, -0.1) is 11.3 Å². The van der Waals surface area contributed by atoms with Gasteiger partial charge in [-0.05, 0) is 5.92 Å². The summed E-state index contributed by atoms with van der Waals surface area (Å²) in [6, 6.07) is 1.69. The molecule has 0 aliphatic carbocycles. The van der Waals surface area contributed by atoms with E-state index in [1.807, 2.05) is 0 Å². The van der Waals surface area contributed by atoms with E-state index in [0.717, 1.165) is 0 Å². The molecule has 0 radical (unpaired) electrons. The predicted molar refractivity (Wildman–Crippen MR) is 40.5 cm³/mol. The lowest BCUT2D eigenvalue weighted by Crippen LogP contribution is -1.81. The smallest absolute Gasteiger partial charge is 0.168 e. The number of nitrogens with zero attached hydrogens (tertiary/aromatic N) is 2. The molecule has 0 aliphatic heterocycles. The van der Waals surface area contributed by atoms with Gasteiger partial charge in [-0.2, -0.15) is 5.26 Å². The number of thiazole rings is 1. The van der Waals surface area contributed by atoms with Crippen LogP contribution < -0.4 is 0 Å². The minimum atomic E-state index is -0.0786. The summed E-state index contributed by atoms with van der Waals surface area (Å²) in [5.41, 5.74) is 0.595. The second-order valence-electron chi connectivity index (χ2n) is 1.66. The second-order valence-corrected chi connectivity index (χ2v) is 2.52. The summed E-state index contributed by atoms with van der Waals surface area (Å²) in [6.07, 6.45) is 0. The number of hydrogen-bond donors (Lipinski definition) is 1. The Morgan fingerprint density at radius 1 is 1.73 bits per heavy atom. The molecular weight excluding hydrogens is 160 g/mol. The summed E-state index contributed by atoms with van der Waals surface area (Å²) in [7, 11) is 0. The maximum atomic E-state index is 8.61. The van der Waals surface area contributed by atoms with E-state index in [4.69, 9.17) is 10.4 Å². The van der Waals surface area contributed by atoms with E-state index in [1.165, 1.54) is 11.3 Å². The molecule has 4 heteroatoms. The topological polar surface area (TPSA) is 56.9 Å². The molecule has 0 fully saturated rings. The Balaban J connectivity index is 2.83. The highest BCUT2D eigenvalue weighted by Gasteiger charge is 1.95. The molecule has 0 atom stereocenters. The molecule has 0 aliphatic rings. The fraction of sp³-hybridized carbons (Fsp3) is 0.143. The number of nitriles is 1. The zero-order chi connectivity index (χ0) is 8.10. The average Bonchev–Trinajstić information content (AvgIpc) is 2.48. The van der Waals surface area contributed by atoms with Crippen LogP contribution in [0.1, 0.15) is 10.7 Å². The molecule has 54 valence electrons. The van der Waals surface area contributed by atoms with Crippen molar-refractivity contribution in [1.29, 1.82) is 5.26 Å². The van der Waals surface area contributed by atoms with E-state index in [0.29, 0.717) is 10.7 Å². The number of hydrogen-bond acceptors (Lipinski definition) is 4. The van der Waals surface area contributed by atoms with E-state index in [2.05, 4.69) is 16.8 Å². The van der Waals surface area contributed by atoms with Crippen molar-refractivity contribution in [1.82, 2.24) is 4.98 Å². The summed E-state index contributed by atoms with van der Waals surface area (Å²) in [5, 5.41) is 19.0.